The van der Waals surface area contributed by atoms with E-state index in [-0.39, 0.29) is 23.1 Å². The highest BCUT2D eigenvalue weighted by molar-refractivity contribution is 5.92. The number of aromatic carboxylic acids is 1. The van der Waals surface area contributed by atoms with Crippen LogP contribution in [0.2, 0.25) is 0 Å². The second-order valence-electron chi connectivity index (χ2n) is 9.64. The van der Waals surface area contributed by atoms with E-state index in [0.29, 0.717) is 24.5 Å². The lowest BCUT2D eigenvalue weighted by Gasteiger charge is -2.21. The predicted molar refractivity (Wildman–Crippen MR) is 151 cm³/mol. The van der Waals surface area contributed by atoms with Crippen molar-refractivity contribution in [2.24, 2.45) is 0 Å². The molecule has 0 aliphatic carbocycles. The van der Waals surface area contributed by atoms with Crippen LogP contribution >= 0.6 is 0 Å². The van der Waals surface area contributed by atoms with E-state index in [1.807, 2.05) is 32.9 Å². The number of carbonyl (C=O) groups is 1. The Morgan fingerprint density at radius 3 is 2.20 bits per heavy atom. The van der Waals surface area contributed by atoms with Crippen molar-refractivity contribution in [1.82, 2.24) is 5.32 Å². The second-order valence-corrected chi connectivity index (χ2v) is 9.64. The molecule has 0 fully saturated rings. The third kappa shape index (κ3) is 6.97. The van der Waals surface area contributed by atoms with Gasteiger partial charge in [0.25, 0.3) is 0 Å². The number of nitrogens with one attached hydrogen (secondary N) is 1. The predicted octanol–water partition coefficient (Wildman–Crippen LogP) is 6.40. The third-order valence-electron chi connectivity index (χ3n) is 6.57. The average Bonchev–Trinajstić information content (AvgIpc) is 2.93. The van der Waals surface area contributed by atoms with Crippen molar-refractivity contribution in [2.75, 3.05) is 13.2 Å². The van der Waals surface area contributed by atoms with E-state index in [1.54, 1.807) is 36.4 Å². The van der Waals surface area contributed by atoms with E-state index in [4.69, 9.17) is 9.47 Å². The van der Waals surface area contributed by atoms with E-state index >= 15 is 0 Å². The Balaban J connectivity index is 1.43. The molecule has 0 aliphatic heterocycles. The maximum Gasteiger partial charge on any atom is 0.339 e. The summed E-state index contributed by atoms with van der Waals surface area (Å²) < 4.78 is 25.1. The van der Waals surface area contributed by atoms with Crippen LogP contribution in [0.1, 0.15) is 40.1 Å². The van der Waals surface area contributed by atoms with Crippen molar-refractivity contribution >= 4 is 5.97 Å². The Morgan fingerprint density at radius 2 is 1.57 bits per heavy atom. The molecule has 0 radical (unpaired) electrons. The molecule has 7 nitrogen and oxygen atoms in total. The van der Waals surface area contributed by atoms with Gasteiger partial charge < -0.3 is 30.1 Å². The maximum absolute atomic E-state index is 13.3. The fraction of sp³-hybridized carbons (Fsp3) is 0.219. The maximum atomic E-state index is 13.3. The fourth-order valence-electron chi connectivity index (χ4n) is 4.45. The molecule has 0 aliphatic rings. The second kappa shape index (κ2) is 12.6. The van der Waals surface area contributed by atoms with E-state index in [9.17, 15) is 24.5 Å². The van der Waals surface area contributed by atoms with Crippen LogP contribution in [0.4, 0.5) is 4.39 Å². The number of aryl methyl sites for hydroxylation is 2. The zero-order valence-electron chi connectivity index (χ0n) is 22.5. The first-order chi connectivity index (χ1) is 19.1. The zero-order valence-corrected chi connectivity index (χ0v) is 22.5. The number of aliphatic hydroxyl groups is 1. The molecule has 0 amide bonds. The Hall–Kier alpha value is -4.40. The lowest BCUT2D eigenvalue weighted by Crippen LogP contribution is -2.35. The number of aromatic hydroxyl groups is 1. The molecule has 0 saturated carbocycles. The van der Waals surface area contributed by atoms with Crippen LogP contribution in [0.5, 0.6) is 23.0 Å². The normalized spacial score (nSPS) is 12.5. The van der Waals surface area contributed by atoms with Gasteiger partial charge in [-0.1, -0.05) is 18.2 Å². The highest BCUT2D eigenvalue weighted by Crippen LogP contribution is 2.34. The van der Waals surface area contributed by atoms with Crippen LogP contribution in [-0.4, -0.2) is 40.5 Å². The lowest BCUT2D eigenvalue weighted by molar-refractivity contribution is 0.0694. The minimum atomic E-state index is -1.13. The van der Waals surface area contributed by atoms with E-state index in [1.165, 1.54) is 30.3 Å². The quantitative estimate of drug-likeness (QED) is 0.162. The standard InChI is InChI=1S/C32H32FNO6/c1-19-16-24(23-6-13-28(32(37)38)29(18-23)40-27-11-7-25(33)8-12-27)17-20(2)31(19)39-15-14-34-21(3)30(36)22-4-9-26(35)10-5-22/h4-13,16-18,21,30,34-36H,14-15H2,1-3H3,(H,37,38)/t21-,30-/m1/s1. The zero-order chi connectivity index (χ0) is 28.8. The number of hydrogen-bond acceptors (Lipinski definition) is 6. The number of carboxylic acids is 1. The van der Waals surface area contributed by atoms with E-state index < -0.39 is 17.9 Å². The summed E-state index contributed by atoms with van der Waals surface area (Å²) in [6.45, 7) is 6.66. The van der Waals surface area contributed by atoms with Crippen molar-refractivity contribution in [3.05, 3.63) is 107 Å². The molecule has 40 heavy (non-hydrogen) atoms. The van der Waals surface area contributed by atoms with Gasteiger partial charge in [-0.2, -0.15) is 0 Å². The SMILES string of the molecule is Cc1cc(-c2ccc(C(=O)O)c(Oc3ccc(F)cc3)c2)cc(C)c1OCCN[C@H](C)[C@@H](O)c1ccc(O)cc1. The van der Waals surface area contributed by atoms with Gasteiger partial charge in [0, 0.05) is 12.6 Å². The minimum absolute atomic E-state index is 0.00118. The van der Waals surface area contributed by atoms with Crippen LogP contribution < -0.4 is 14.8 Å². The van der Waals surface area contributed by atoms with Gasteiger partial charge in [-0.15, -0.1) is 0 Å². The van der Waals surface area contributed by atoms with Crippen molar-refractivity contribution in [1.29, 1.82) is 0 Å². The first kappa shape index (κ1) is 28.6. The number of halogens is 1. The highest BCUT2D eigenvalue weighted by atomic mass is 19.1. The molecule has 0 spiro atoms. The van der Waals surface area contributed by atoms with Gasteiger partial charge in [0.2, 0.25) is 0 Å². The van der Waals surface area contributed by atoms with Crippen LogP contribution in [-0.2, 0) is 0 Å². The summed E-state index contributed by atoms with van der Waals surface area (Å²) >= 11 is 0. The van der Waals surface area contributed by atoms with Crippen molar-refractivity contribution in [3.8, 4) is 34.1 Å². The fourth-order valence-corrected chi connectivity index (χ4v) is 4.45. The summed E-state index contributed by atoms with van der Waals surface area (Å²) in [4.78, 5) is 11.8. The van der Waals surface area contributed by atoms with Crippen molar-refractivity contribution in [3.63, 3.8) is 0 Å². The van der Waals surface area contributed by atoms with Crippen LogP contribution in [0.15, 0.2) is 78.9 Å². The summed E-state index contributed by atoms with van der Waals surface area (Å²) in [5.74, 6) is -0.152. The number of carboxylic acid groups (broad SMARTS) is 1. The topological polar surface area (TPSA) is 108 Å². The molecule has 4 N–H and O–H groups in total. The van der Waals surface area contributed by atoms with Crippen LogP contribution in [0.25, 0.3) is 11.1 Å². The Bertz CT molecular complexity index is 1450. The smallest absolute Gasteiger partial charge is 0.339 e. The number of rotatable bonds is 11. The largest absolute Gasteiger partial charge is 0.508 e. The summed E-state index contributed by atoms with van der Waals surface area (Å²) in [5.41, 5.74) is 4.17. The first-order valence-corrected chi connectivity index (χ1v) is 12.9. The number of phenols is 1. The van der Waals surface area contributed by atoms with E-state index in [2.05, 4.69) is 5.32 Å². The number of aliphatic hydroxyl groups excluding tert-OH is 1. The summed E-state index contributed by atoms with van der Waals surface area (Å²) in [6, 6.07) is 20.4. The molecule has 0 bridgehead atoms. The van der Waals surface area contributed by atoms with Gasteiger partial charge in [0.05, 0.1) is 6.10 Å². The molecule has 0 unspecified atom stereocenters. The van der Waals surface area contributed by atoms with Crippen molar-refractivity contribution < 1.29 is 34.0 Å². The van der Waals surface area contributed by atoms with Crippen LogP contribution in [0, 0.1) is 19.7 Å². The molecule has 0 saturated heterocycles. The van der Waals surface area contributed by atoms with Gasteiger partial charge in [0.15, 0.2) is 0 Å². The monoisotopic (exact) mass is 545 g/mol. The molecule has 4 aromatic carbocycles. The van der Waals surface area contributed by atoms with Gasteiger partial charge in [0.1, 0.15) is 41.0 Å². The summed E-state index contributed by atoms with van der Waals surface area (Å²) in [7, 11) is 0. The van der Waals surface area contributed by atoms with Gasteiger partial charge in [-0.05, 0) is 109 Å². The highest BCUT2D eigenvalue weighted by Gasteiger charge is 2.17. The molecular formula is C32H32FNO6. The molecule has 4 rings (SSSR count). The third-order valence-corrected chi connectivity index (χ3v) is 6.57. The number of hydrogen-bond donors (Lipinski definition) is 4. The Labute approximate surface area is 232 Å². The lowest BCUT2D eigenvalue weighted by atomic mass is 9.98. The molecule has 208 valence electrons. The first-order valence-electron chi connectivity index (χ1n) is 12.9. The van der Waals surface area contributed by atoms with Gasteiger partial charge >= 0.3 is 5.97 Å². The molecule has 2 atom stereocenters. The molecule has 8 heteroatoms. The molecular weight excluding hydrogens is 513 g/mol. The van der Waals surface area contributed by atoms with E-state index in [0.717, 1.165) is 28.0 Å². The summed E-state index contributed by atoms with van der Waals surface area (Å²) in [6.07, 6.45) is -0.729. The molecule has 0 heterocycles. The number of ether oxygens (including phenoxy) is 2. The Morgan fingerprint density at radius 1 is 0.925 bits per heavy atom. The van der Waals surface area contributed by atoms with Gasteiger partial charge in [-0.3, -0.25) is 0 Å². The van der Waals surface area contributed by atoms with Crippen molar-refractivity contribution in [2.45, 2.75) is 32.9 Å². The molecule has 4 aromatic rings. The van der Waals surface area contributed by atoms with Crippen LogP contribution in [0.3, 0.4) is 0 Å². The Kier molecular flexibility index (Phi) is 9.04. The molecule has 0 aromatic heterocycles. The summed E-state index contributed by atoms with van der Waals surface area (Å²) in [5, 5.41) is 32.9. The number of benzene rings is 4. The van der Waals surface area contributed by atoms with Gasteiger partial charge in [-0.25, -0.2) is 9.18 Å². The average molecular weight is 546 g/mol. The minimum Gasteiger partial charge on any atom is -0.508 e. The number of phenolic OH excluding ortho intramolecular Hbond substituents is 1.